The zero-order valence-electron chi connectivity index (χ0n) is 12.3. The van der Waals surface area contributed by atoms with E-state index in [-0.39, 0.29) is 0 Å². The Balaban J connectivity index is 1.56. The van der Waals surface area contributed by atoms with Crippen LogP contribution in [0, 0.1) is 0 Å². The van der Waals surface area contributed by atoms with Gasteiger partial charge in [0.1, 0.15) is 0 Å². The summed E-state index contributed by atoms with van der Waals surface area (Å²) in [7, 11) is 4.25. The van der Waals surface area contributed by atoms with Crippen molar-refractivity contribution in [2.45, 2.75) is 0 Å². The summed E-state index contributed by atoms with van der Waals surface area (Å²) in [5.41, 5.74) is 2.23. The van der Waals surface area contributed by atoms with Gasteiger partial charge in [-0.3, -0.25) is 4.90 Å². The fraction of sp³-hybridized carbons (Fsp3) is 0.533. The summed E-state index contributed by atoms with van der Waals surface area (Å²) in [6.07, 6.45) is 0. The second-order valence-electron chi connectivity index (χ2n) is 5.55. The van der Waals surface area contributed by atoms with Crippen molar-refractivity contribution in [1.29, 1.82) is 0 Å². The van der Waals surface area contributed by atoms with Crippen LogP contribution in [0.2, 0.25) is 0 Å². The van der Waals surface area contributed by atoms with Gasteiger partial charge in [-0.1, -0.05) is 12.1 Å². The molecule has 1 saturated heterocycles. The van der Waals surface area contributed by atoms with E-state index < -0.39 is 0 Å². The van der Waals surface area contributed by atoms with Crippen molar-refractivity contribution in [2.24, 2.45) is 7.05 Å². The zero-order chi connectivity index (χ0) is 13.9. The topological polar surface area (TPSA) is 36.3 Å². The van der Waals surface area contributed by atoms with E-state index in [2.05, 4.69) is 57.0 Å². The largest absolute Gasteiger partial charge is 0.354 e. The van der Waals surface area contributed by atoms with Gasteiger partial charge in [-0.15, -0.1) is 0 Å². The van der Waals surface area contributed by atoms with Crippen LogP contribution in [0.25, 0.3) is 11.0 Å². The lowest BCUT2D eigenvalue weighted by Gasteiger charge is -2.32. The summed E-state index contributed by atoms with van der Waals surface area (Å²) in [6.45, 7) is 6.71. The van der Waals surface area contributed by atoms with Gasteiger partial charge in [-0.05, 0) is 19.2 Å². The molecule has 108 valence electrons. The second-order valence-corrected chi connectivity index (χ2v) is 5.55. The number of piperazine rings is 1. The summed E-state index contributed by atoms with van der Waals surface area (Å²) < 4.78 is 2.12. The van der Waals surface area contributed by atoms with Crippen LogP contribution in [-0.4, -0.2) is 65.7 Å². The lowest BCUT2D eigenvalue weighted by atomic mass is 10.3. The van der Waals surface area contributed by atoms with E-state index in [0.29, 0.717) is 0 Å². The van der Waals surface area contributed by atoms with Crippen LogP contribution in [0.1, 0.15) is 0 Å². The number of hydrogen-bond acceptors (Lipinski definition) is 4. The number of aryl methyl sites for hydroxylation is 1. The molecule has 1 N–H and O–H groups in total. The van der Waals surface area contributed by atoms with Gasteiger partial charge >= 0.3 is 0 Å². The summed E-state index contributed by atoms with van der Waals surface area (Å²) >= 11 is 0. The first-order valence-electron chi connectivity index (χ1n) is 7.30. The molecule has 0 saturated carbocycles. The molecular formula is C15H23N5. The number of para-hydroxylation sites is 2. The maximum Gasteiger partial charge on any atom is 0.203 e. The Morgan fingerprint density at radius 2 is 1.85 bits per heavy atom. The van der Waals surface area contributed by atoms with E-state index >= 15 is 0 Å². The van der Waals surface area contributed by atoms with Crippen LogP contribution < -0.4 is 5.32 Å². The first-order valence-corrected chi connectivity index (χ1v) is 7.30. The molecule has 2 heterocycles. The number of hydrogen-bond donors (Lipinski definition) is 1. The highest BCUT2D eigenvalue weighted by molar-refractivity contribution is 5.78. The van der Waals surface area contributed by atoms with Gasteiger partial charge in [0.05, 0.1) is 11.0 Å². The highest BCUT2D eigenvalue weighted by Crippen LogP contribution is 2.17. The van der Waals surface area contributed by atoms with E-state index in [1.54, 1.807) is 0 Å². The van der Waals surface area contributed by atoms with Crippen LogP contribution in [0.4, 0.5) is 5.95 Å². The predicted molar refractivity (Wildman–Crippen MR) is 83.1 cm³/mol. The highest BCUT2D eigenvalue weighted by Gasteiger charge is 2.13. The van der Waals surface area contributed by atoms with Crippen molar-refractivity contribution >= 4 is 17.0 Å². The first kappa shape index (κ1) is 13.4. The lowest BCUT2D eigenvalue weighted by Crippen LogP contribution is -2.45. The van der Waals surface area contributed by atoms with Crippen molar-refractivity contribution in [3.63, 3.8) is 0 Å². The summed E-state index contributed by atoms with van der Waals surface area (Å²) in [5, 5.41) is 3.46. The predicted octanol–water partition coefficient (Wildman–Crippen LogP) is 1.23. The Bertz CT molecular complexity index is 569. The van der Waals surface area contributed by atoms with E-state index in [1.807, 2.05) is 6.07 Å². The standard InChI is InChI=1S/C15H23N5/c1-18-9-11-20(12-10-18)8-7-16-15-17-13-5-3-4-6-14(13)19(15)2/h3-6H,7-12H2,1-2H3,(H,16,17). The number of rotatable bonds is 4. The summed E-state index contributed by atoms with van der Waals surface area (Å²) in [6, 6.07) is 8.25. The van der Waals surface area contributed by atoms with Crippen LogP contribution >= 0.6 is 0 Å². The molecule has 0 amide bonds. The van der Waals surface area contributed by atoms with Gasteiger partial charge in [0.2, 0.25) is 5.95 Å². The van der Waals surface area contributed by atoms with Crippen molar-refractivity contribution in [3.05, 3.63) is 24.3 Å². The molecule has 0 radical (unpaired) electrons. The number of nitrogens with zero attached hydrogens (tertiary/aromatic N) is 4. The van der Waals surface area contributed by atoms with Crippen LogP contribution in [0.3, 0.4) is 0 Å². The third-order valence-corrected chi connectivity index (χ3v) is 4.09. The number of fused-ring (bicyclic) bond motifs is 1. The van der Waals surface area contributed by atoms with Crippen LogP contribution in [0.5, 0.6) is 0 Å². The van der Waals surface area contributed by atoms with Crippen molar-refractivity contribution in [1.82, 2.24) is 19.4 Å². The molecule has 0 bridgehead atoms. The Morgan fingerprint density at radius 3 is 2.60 bits per heavy atom. The van der Waals surface area contributed by atoms with Crippen molar-refractivity contribution in [3.8, 4) is 0 Å². The molecule has 3 rings (SSSR count). The van der Waals surface area contributed by atoms with E-state index in [1.165, 1.54) is 31.7 Å². The quantitative estimate of drug-likeness (QED) is 0.909. The third-order valence-electron chi connectivity index (χ3n) is 4.09. The minimum Gasteiger partial charge on any atom is -0.354 e. The number of aromatic nitrogens is 2. The number of anilines is 1. The Kier molecular flexibility index (Phi) is 3.89. The fourth-order valence-electron chi connectivity index (χ4n) is 2.70. The molecular weight excluding hydrogens is 250 g/mol. The molecule has 5 nitrogen and oxygen atoms in total. The van der Waals surface area contributed by atoms with Gasteiger partial charge < -0.3 is 14.8 Å². The summed E-state index contributed by atoms with van der Waals surface area (Å²) in [5.74, 6) is 0.959. The molecule has 2 aromatic rings. The smallest absolute Gasteiger partial charge is 0.203 e. The molecule has 1 aliphatic rings. The number of imidazole rings is 1. The van der Waals surface area contributed by atoms with Crippen LogP contribution in [0.15, 0.2) is 24.3 Å². The summed E-state index contributed by atoms with van der Waals surface area (Å²) in [4.78, 5) is 9.53. The maximum atomic E-state index is 4.63. The Labute approximate surface area is 120 Å². The van der Waals surface area contributed by atoms with Gasteiger partial charge in [0.15, 0.2) is 0 Å². The lowest BCUT2D eigenvalue weighted by molar-refractivity contribution is 0.158. The molecule has 1 aliphatic heterocycles. The van der Waals surface area contributed by atoms with Gasteiger partial charge in [0, 0.05) is 46.3 Å². The van der Waals surface area contributed by atoms with E-state index in [0.717, 1.165) is 24.6 Å². The second kappa shape index (κ2) is 5.81. The Hall–Kier alpha value is -1.59. The number of likely N-dealkylation sites (N-methyl/N-ethyl adjacent to an activating group) is 1. The molecule has 1 fully saturated rings. The third kappa shape index (κ3) is 2.78. The molecule has 0 unspecified atom stereocenters. The molecule has 20 heavy (non-hydrogen) atoms. The van der Waals surface area contributed by atoms with E-state index in [4.69, 9.17) is 0 Å². The SMILES string of the molecule is CN1CCN(CCNc2nc3ccccc3n2C)CC1. The number of nitrogens with one attached hydrogen (secondary N) is 1. The molecule has 1 aromatic heterocycles. The Morgan fingerprint density at radius 1 is 1.10 bits per heavy atom. The van der Waals surface area contributed by atoms with Crippen LogP contribution in [-0.2, 0) is 7.05 Å². The van der Waals surface area contributed by atoms with Gasteiger partial charge in [-0.25, -0.2) is 4.98 Å². The highest BCUT2D eigenvalue weighted by atomic mass is 15.3. The monoisotopic (exact) mass is 273 g/mol. The van der Waals surface area contributed by atoms with Crippen molar-refractivity contribution < 1.29 is 0 Å². The average Bonchev–Trinajstić information content (AvgIpc) is 2.78. The fourth-order valence-corrected chi connectivity index (χ4v) is 2.70. The van der Waals surface area contributed by atoms with Gasteiger partial charge in [-0.2, -0.15) is 0 Å². The van der Waals surface area contributed by atoms with Crippen molar-refractivity contribution in [2.75, 3.05) is 51.6 Å². The maximum absolute atomic E-state index is 4.63. The molecule has 0 atom stereocenters. The van der Waals surface area contributed by atoms with Gasteiger partial charge in [0.25, 0.3) is 0 Å². The normalized spacial score (nSPS) is 17.7. The molecule has 5 heteroatoms. The van der Waals surface area contributed by atoms with E-state index in [9.17, 15) is 0 Å². The molecule has 0 aliphatic carbocycles. The number of benzene rings is 1. The molecule has 1 aromatic carbocycles. The minimum absolute atomic E-state index is 0.945. The zero-order valence-corrected chi connectivity index (χ0v) is 12.3. The first-order chi connectivity index (χ1) is 9.74. The molecule has 0 spiro atoms. The minimum atomic E-state index is 0.945. The average molecular weight is 273 g/mol.